The summed E-state index contributed by atoms with van der Waals surface area (Å²) >= 11 is 0. The van der Waals surface area contributed by atoms with Gasteiger partial charge in [0.25, 0.3) is 6.47 Å². The summed E-state index contributed by atoms with van der Waals surface area (Å²) in [5.74, 6) is -6.05. The van der Waals surface area contributed by atoms with Gasteiger partial charge in [-0.1, -0.05) is 0 Å². The summed E-state index contributed by atoms with van der Waals surface area (Å²) in [6, 6.07) is -1.93. The lowest BCUT2D eigenvalue weighted by Crippen LogP contribution is -2.65. The summed E-state index contributed by atoms with van der Waals surface area (Å²) in [5, 5.41) is 42.9. The second-order valence-electron chi connectivity index (χ2n) is 8.06. The van der Waals surface area contributed by atoms with Gasteiger partial charge in [-0.15, -0.1) is 0 Å². The number of carbonyl (C=O) groups excluding carboxylic acids is 2. The summed E-state index contributed by atoms with van der Waals surface area (Å²) in [7, 11) is -9.15. The third-order valence-corrected chi connectivity index (χ3v) is 7.30. The molecule has 4 N–H and O–H groups in total. The van der Waals surface area contributed by atoms with Gasteiger partial charge in [0.15, 0.2) is 10.3 Å². The van der Waals surface area contributed by atoms with Crippen LogP contribution >= 0.6 is 0 Å². The highest BCUT2D eigenvalue weighted by Crippen LogP contribution is 2.36. The lowest BCUT2D eigenvalue weighted by molar-refractivity contribution is -0.323. The van der Waals surface area contributed by atoms with E-state index in [1.54, 1.807) is 0 Å². The van der Waals surface area contributed by atoms with E-state index in [0.717, 1.165) is 7.11 Å². The van der Waals surface area contributed by atoms with Crippen molar-refractivity contribution >= 4 is 32.9 Å². The third-order valence-electron chi connectivity index (χ3n) is 5.90. The van der Waals surface area contributed by atoms with E-state index >= 15 is 0 Å². The van der Waals surface area contributed by atoms with Crippen molar-refractivity contribution in [1.82, 2.24) is 4.72 Å². The van der Waals surface area contributed by atoms with E-state index < -0.39 is 106 Å². The molecule has 16 nitrogen and oxygen atoms in total. The van der Waals surface area contributed by atoms with E-state index in [2.05, 4.69) is 4.74 Å². The third kappa shape index (κ3) is 7.03. The summed E-state index contributed by atoms with van der Waals surface area (Å²) in [6.45, 7) is -0.194. The van der Waals surface area contributed by atoms with Crippen LogP contribution in [-0.2, 0) is 44.2 Å². The fourth-order valence-electron chi connectivity index (χ4n) is 4.43. The Balaban J connectivity index is 2.46. The molecule has 0 aromatic heterocycles. The quantitative estimate of drug-likeness (QED) is 0.150. The van der Waals surface area contributed by atoms with E-state index in [9.17, 15) is 56.0 Å². The summed E-state index contributed by atoms with van der Waals surface area (Å²) in [6.07, 6.45) is -13.2. The predicted molar refractivity (Wildman–Crippen MR) is 101 cm³/mol. The highest BCUT2D eigenvalue weighted by Gasteiger charge is 2.51. The number of aliphatic hydroxyl groups excluding tert-OH is 3. The normalized spacial score (nSPS) is 39.4. The van der Waals surface area contributed by atoms with Gasteiger partial charge in [-0.25, -0.2) is 21.6 Å². The van der Waals surface area contributed by atoms with Gasteiger partial charge >= 0.3 is 0 Å². The Hall–Kier alpha value is -1.48. The zero-order valence-corrected chi connectivity index (χ0v) is 19.2. The monoisotopic (exact) mass is 534 g/mol. The van der Waals surface area contributed by atoms with E-state index in [1.165, 1.54) is 4.72 Å². The van der Waals surface area contributed by atoms with E-state index in [4.69, 9.17) is 9.47 Å². The van der Waals surface area contributed by atoms with Gasteiger partial charge in [0.05, 0.1) is 34.5 Å². The fourth-order valence-corrected chi connectivity index (χ4v) is 5.91. The van der Waals surface area contributed by atoms with Crippen molar-refractivity contribution in [3.8, 4) is 0 Å². The summed E-state index contributed by atoms with van der Waals surface area (Å²) < 4.78 is 84.5. The Morgan fingerprint density at radius 3 is 2.12 bits per heavy atom. The van der Waals surface area contributed by atoms with Crippen LogP contribution in [0.1, 0.15) is 12.8 Å². The van der Waals surface area contributed by atoms with Crippen LogP contribution in [0.2, 0.25) is 0 Å². The minimum Gasteiger partial charge on any atom is -0.748 e. The SMILES string of the molecule is CO[C@@H]1CC(C(=O)[O-])[C@H](O[C@@H]2CC(CS(=O)(=O)[O-])[C@H](OC=O)[C@H](O)C2NS(=O)(=O)[O-])[C@H](O)C1O. The molecule has 0 amide bonds. The average molecular weight is 534 g/mol. The topological polar surface area (TPSA) is 272 Å². The van der Waals surface area contributed by atoms with Gasteiger partial charge in [0.1, 0.15) is 24.4 Å². The molecule has 2 fully saturated rings. The van der Waals surface area contributed by atoms with Crippen molar-refractivity contribution < 1.29 is 70.2 Å². The van der Waals surface area contributed by atoms with E-state index in [0.29, 0.717) is 0 Å². The van der Waals surface area contributed by atoms with E-state index in [-0.39, 0.29) is 6.47 Å². The zero-order valence-electron chi connectivity index (χ0n) is 17.5. The minimum absolute atomic E-state index is 0.194. The number of carbonyl (C=O) groups is 2. The summed E-state index contributed by atoms with van der Waals surface area (Å²) in [4.78, 5) is 22.5. The van der Waals surface area contributed by atoms with Gasteiger partial charge in [-0.3, -0.25) is 4.79 Å². The number of hydrogen-bond acceptors (Lipinski definition) is 15. The van der Waals surface area contributed by atoms with Crippen molar-refractivity contribution in [1.29, 1.82) is 0 Å². The smallest absolute Gasteiger partial charge is 0.293 e. The highest BCUT2D eigenvalue weighted by molar-refractivity contribution is 7.85. The molecule has 2 saturated carbocycles. The second-order valence-corrected chi connectivity index (χ2v) is 10.7. The molecule has 0 radical (unpaired) electrons. The molecule has 2 aliphatic rings. The van der Waals surface area contributed by atoms with Crippen LogP contribution < -0.4 is 9.83 Å². The van der Waals surface area contributed by atoms with Gasteiger partial charge in [-0.05, 0) is 12.8 Å². The maximum atomic E-state index is 11.7. The molecule has 2 rings (SSSR count). The van der Waals surface area contributed by atoms with Gasteiger partial charge in [-0.2, -0.15) is 0 Å². The van der Waals surface area contributed by atoms with Gasteiger partial charge < -0.3 is 48.5 Å². The Morgan fingerprint density at radius 1 is 1.03 bits per heavy atom. The van der Waals surface area contributed by atoms with Crippen LogP contribution in [0.5, 0.6) is 0 Å². The number of carboxylic acids is 1. The van der Waals surface area contributed by atoms with Crippen LogP contribution in [0.25, 0.3) is 0 Å². The van der Waals surface area contributed by atoms with Crippen molar-refractivity contribution in [2.75, 3.05) is 12.9 Å². The number of hydrogen-bond donors (Lipinski definition) is 4. The van der Waals surface area contributed by atoms with Crippen LogP contribution in [0.15, 0.2) is 0 Å². The van der Waals surface area contributed by atoms with Crippen molar-refractivity contribution in [2.45, 2.75) is 61.6 Å². The van der Waals surface area contributed by atoms with Gasteiger partial charge in [0, 0.05) is 30.7 Å². The van der Waals surface area contributed by atoms with Crippen molar-refractivity contribution in [3.63, 3.8) is 0 Å². The Kier molecular flexibility index (Phi) is 9.35. The molecule has 198 valence electrons. The number of nitrogens with one attached hydrogen (secondary N) is 1. The predicted octanol–water partition coefficient (Wildman–Crippen LogP) is -5.87. The van der Waals surface area contributed by atoms with Crippen LogP contribution in [0.3, 0.4) is 0 Å². The standard InChI is InChI=1S/C16H27NO15S2/c1-30-9-3-7(16(22)23)15(13(21)11(9)19)32-8-2-6(4-33(24,25)26)14(31-5-18)12(20)10(8)17-34(27,28)29/h5-15,17,19-21H,2-4H2,1H3,(H,22,23)(H,24,25,26)(H,27,28,29)/p-3/t6?,7?,8-,9-,10?,11?,12-,13-,14+,15+/m1/s1. The average Bonchev–Trinajstić information content (AvgIpc) is 2.69. The number of aliphatic carboxylic acids is 1. The first-order valence-corrected chi connectivity index (χ1v) is 12.8. The molecular weight excluding hydrogens is 510 g/mol. The Morgan fingerprint density at radius 2 is 1.65 bits per heavy atom. The first kappa shape index (κ1) is 28.8. The molecule has 0 aromatic rings. The number of rotatable bonds is 10. The van der Waals surface area contributed by atoms with Crippen LogP contribution in [0.4, 0.5) is 0 Å². The first-order chi connectivity index (χ1) is 15.6. The number of methoxy groups -OCH3 is 1. The molecule has 10 atom stereocenters. The molecule has 18 heteroatoms. The first-order valence-electron chi connectivity index (χ1n) is 9.78. The van der Waals surface area contributed by atoms with Crippen LogP contribution in [0, 0.1) is 11.8 Å². The van der Waals surface area contributed by atoms with Crippen LogP contribution in [-0.4, -0.2) is 115 Å². The molecular formula is C16H24NO15S2-3. The molecule has 0 bridgehead atoms. The molecule has 4 unspecified atom stereocenters. The second kappa shape index (κ2) is 11.1. The minimum atomic E-state index is -5.31. The highest BCUT2D eigenvalue weighted by atomic mass is 32.2. The van der Waals surface area contributed by atoms with Gasteiger partial charge in [0.2, 0.25) is 0 Å². The Bertz CT molecular complexity index is 940. The molecule has 0 saturated heterocycles. The van der Waals surface area contributed by atoms with E-state index in [1.807, 2.05) is 0 Å². The van der Waals surface area contributed by atoms with Crippen molar-refractivity contribution in [3.05, 3.63) is 0 Å². The maximum Gasteiger partial charge on any atom is 0.293 e. The summed E-state index contributed by atoms with van der Waals surface area (Å²) in [5.41, 5.74) is 0. The molecule has 0 aliphatic heterocycles. The zero-order chi connectivity index (χ0) is 26.0. The molecule has 2 aliphatic carbocycles. The molecule has 0 spiro atoms. The Labute approximate surface area is 194 Å². The molecule has 0 aromatic carbocycles. The number of ether oxygens (including phenoxy) is 3. The fraction of sp³-hybridized carbons (Fsp3) is 0.875. The maximum absolute atomic E-state index is 11.7. The van der Waals surface area contributed by atoms with Crippen molar-refractivity contribution in [2.24, 2.45) is 11.8 Å². The molecule has 34 heavy (non-hydrogen) atoms. The number of aliphatic hydroxyl groups is 3. The molecule has 0 heterocycles. The lowest BCUT2D eigenvalue weighted by atomic mass is 9.78. The lowest BCUT2D eigenvalue weighted by Gasteiger charge is -2.48. The number of carboxylic acid groups (broad SMARTS) is 1. The largest absolute Gasteiger partial charge is 0.748 e.